The monoisotopic (exact) mass is 434 g/mol. The first-order valence-electron chi connectivity index (χ1n) is 9.65. The molecule has 31 heavy (non-hydrogen) atoms. The molecule has 3 aromatic carbocycles. The smallest absolute Gasteiger partial charge is 0.264 e. The van der Waals surface area contributed by atoms with Gasteiger partial charge in [-0.15, -0.1) is 0 Å². The molecule has 0 radical (unpaired) electrons. The van der Waals surface area contributed by atoms with Gasteiger partial charge in [0, 0.05) is 18.5 Å². The fourth-order valence-corrected chi connectivity index (χ4v) is 4.69. The lowest BCUT2D eigenvalue weighted by Gasteiger charge is -2.23. The van der Waals surface area contributed by atoms with E-state index in [0.29, 0.717) is 22.7 Å². The lowest BCUT2D eigenvalue weighted by atomic mass is 10.0. The van der Waals surface area contributed by atoms with Gasteiger partial charge < -0.3 is 4.74 Å². The number of ether oxygens (including phenoxy) is 1. The summed E-state index contributed by atoms with van der Waals surface area (Å²) in [5.41, 5.74) is 2.10. The third-order valence-corrected chi connectivity index (χ3v) is 6.72. The van der Waals surface area contributed by atoms with Crippen LogP contribution in [0.15, 0.2) is 77.7 Å². The average Bonchev–Trinajstić information content (AvgIpc) is 2.80. The minimum absolute atomic E-state index is 0.0550. The van der Waals surface area contributed by atoms with Crippen LogP contribution in [0.3, 0.4) is 0 Å². The van der Waals surface area contributed by atoms with Gasteiger partial charge in [0.1, 0.15) is 5.75 Å². The maximum absolute atomic E-state index is 13.3. The van der Waals surface area contributed by atoms with Gasteiger partial charge in [-0.05, 0) is 48.9 Å². The Morgan fingerprint density at radius 1 is 1.03 bits per heavy atom. The van der Waals surface area contributed by atoms with Gasteiger partial charge in [-0.25, -0.2) is 13.3 Å². The molecular weight excluding hydrogens is 412 g/mol. The third-order valence-electron chi connectivity index (χ3n) is 4.82. The normalized spacial score (nSPS) is 10.9. The Morgan fingerprint density at radius 2 is 1.71 bits per heavy atom. The Bertz CT molecular complexity index is 1210. The second kappa shape index (κ2) is 9.45. The molecule has 0 aliphatic heterocycles. The number of benzene rings is 3. The third kappa shape index (κ3) is 4.93. The van der Waals surface area contributed by atoms with Crippen molar-refractivity contribution in [2.24, 2.45) is 0 Å². The van der Waals surface area contributed by atoms with E-state index in [2.05, 4.69) is 4.85 Å². The van der Waals surface area contributed by atoms with E-state index in [9.17, 15) is 13.2 Å². The Hall–Kier alpha value is -3.63. The average molecular weight is 435 g/mol. The van der Waals surface area contributed by atoms with E-state index in [1.165, 1.54) is 16.4 Å². The van der Waals surface area contributed by atoms with Crippen molar-refractivity contribution < 1.29 is 17.9 Å². The van der Waals surface area contributed by atoms with Crippen LogP contribution in [0.2, 0.25) is 0 Å². The molecule has 0 spiro atoms. The standard InChI is InChI=1S/C24H22N2O4S/c1-4-26(21-12-14-22(30-3)15-13-21)31(28,29)23-7-5-6-19(17-23)24(27)16-18-8-10-20(25-2)11-9-18/h5-15,17H,4,16H2,1,3H3. The van der Waals surface area contributed by atoms with Gasteiger partial charge in [-0.2, -0.15) is 0 Å². The molecule has 0 saturated heterocycles. The maximum Gasteiger partial charge on any atom is 0.264 e. The van der Waals surface area contributed by atoms with Gasteiger partial charge in [-0.3, -0.25) is 9.10 Å². The van der Waals surface area contributed by atoms with Crippen LogP contribution in [-0.4, -0.2) is 27.9 Å². The Labute approximate surface area is 182 Å². The molecule has 6 nitrogen and oxygen atoms in total. The molecule has 0 atom stereocenters. The van der Waals surface area contributed by atoms with E-state index in [-0.39, 0.29) is 23.6 Å². The largest absolute Gasteiger partial charge is 0.497 e. The Kier molecular flexibility index (Phi) is 6.73. The highest BCUT2D eigenvalue weighted by atomic mass is 32.2. The first kappa shape index (κ1) is 22.1. The molecule has 0 amide bonds. The minimum Gasteiger partial charge on any atom is -0.497 e. The first-order valence-corrected chi connectivity index (χ1v) is 11.1. The van der Waals surface area contributed by atoms with Crippen molar-refractivity contribution in [1.82, 2.24) is 0 Å². The lowest BCUT2D eigenvalue weighted by Crippen LogP contribution is -2.30. The number of carbonyl (C=O) groups excluding carboxylic acids is 1. The van der Waals surface area contributed by atoms with Crippen LogP contribution in [0.4, 0.5) is 11.4 Å². The number of carbonyl (C=O) groups is 1. The molecule has 0 aromatic heterocycles. The molecule has 0 heterocycles. The number of hydrogen-bond donors (Lipinski definition) is 0. The fraction of sp³-hybridized carbons (Fsp3) is 0.167. The topological polar surface area (TPSA) is 68.0 Å². The number of anilines is 1. The Morgan fingerprint density at radius 3 is 2.29 bits per heavy atom. The van der Waals surface area contributed by atoms with Crippen molar-refractivity contribution in [3.63, 3.8) is 0 Å². The molecule has 0 fully saturated rings. The molecule has 0 saturated carbocycles. The van der Waals surface area contributed by atoms with Crippen LogP contribution in [0, 0.1) is 6.57 Å². The summed E-state index contributed by atoms with van der Waals surface area (Å²) in [5.74, 6) is 0.439. The summed E-state index contributed by atoms with van der Waals surface area (Å²) in [6, 6.07) is 19.6. The van der Waals surface area contributed by atoms with Crippen LogP contribution in [0.5, 0.6) is 5.75 Å². The molecule has 0 aliphatic carbocycles. The Balaban J connectivity index is 1.87. The van der Waals surface area contributed by atoms with Crippen LogP contribution >= 0.6 is 0 Å². The highest BCUT2D eigenvalue weighted by molar-refractivity contribution is 7.92. The zero-order chi connectivity index (χ0) is 22.4. The predicted octanol–water partition coefficient (Wildman–Crippen LogP) is 4.89. The first-order chi connectivity index (χ1) is 14.9. The summed E-state index contributed by atoms with van der Waals surface area (Å²) in [5, 5.41) is 0. The van der Waals surface area contributed by atoms with E-state index in [1.54, 1.807) is 74.7 Å². The number of nitrogens with zero attached hydrogens (tertiary/aromatic N) is 2. The van der Waals surface area contributed by atoms with Gasteiger partial charge in [0.05, 0.1) is 24.3 Å². The molecule has 7 heteroatoms. The van der Waals surface area contributed by atoms with Crippen LogP contribution in [-0.2, 0) is 16.4 Å². The minimum atomic E-state index is -3.85. The van der Waals surface area contributed by atoms with Crippen molar-refractivity contribution in [3.8, 4) is 5.75 Å². The molecule has 3 rings (SSSR count). The van der Waals surface area contributed by atoms with Gasteiger partial charge in [-0.1, -0.05) is 36.4 Å². The van der Waals surface area contributed by atoms with Crippen molar-refractivity contribution in [1.29, 1.82) is 0 Å². The zero-order valence-electron chi connectivity index (χ0n) is 17.3. The van der Waals surface area contributed by atoms with Crippen molar-refractivity contribution >= 4 is 27.2 Å². The fourth-order valence-electron chi connectivity index (χ4n) is 3.17. The summed E-state index contributed by atoms with van der Waals surface area (Å²) in [6.45, 7) is 8.99. The number of rotatable bonds is 8. The summed E-state index contributed by atoms with van der Waals surface area (Å²) in [6.07, 6.45) is 0.123. The quantitative estimate of drug-likeness (QED) is 0.374. The predicted molar refractivity (Wildman–Crippen MR) is 120 cm³/mol. The van der Waals surface area contributed by atoms with Crippen molar-refractivity contribution in [2.75, 3.05) is 18.0 Å². The summed E-state index contributed by atoms with van der Waals surface area (Å²) < 4.78 is 33.0. The zero-order valence-corrected chi connectivity index (χ0v) is 18.1. The highest BCUT2D eigenvalue weighted by Gasteiger charge is 2.24. The van der Waals surface area contributed by atoms with Gasteiger partial charge in [0.2, 0.25) is 0 Å². The number of methoxy groups -OCH3 is 1. The molecule has 158 valence electrons. The van der Waals surface area contributed by atoms with Gasteiger partial charge >= 0.3 is 0 Å². The number of sulfonamides is 1. The van der Waals surface area contributed by atoms with Crippen LogP contribution in [0.25, 0.3) is 4.85 Å². The molecule has 0 bridgehead atoms. The van der Waals surface area contributed by atoms with Crippen LogP contribution < -0.4 is 9.04 Å². The molecule has 0 N–H and O–H groups in total. The van der Waals surface area contributed by atoms with E-state index < -0.39 is 10.0 Å². The molecule has 0 unspecified atom stereocenters. The van der Waals surface area contributed by atoms with E-state index >= 15 is 0 Å². The lowest BCUT2D eigenvalue weighted by molar-refractivity contribution is 0.0992. The molecule has 0 aliphatic rings. The van der Waals surface area contributed by atoms with Crippen LogP contribution in [0.1, 0.15) is 22.8 Å². The van der Waals surface area contributed by atoms with Crippen molar-refractivity contribution in [2.45, 2.75) is 18.2 Å². The molecule has 3 aromatic rings. The van der Waals surface area contributed by atoms with E-state index in [1.807, 2.05) is 0 Å². The maximum atomic E-state index is 13.3. The van der Waals surface area contributed by atoms with Gasteiger partial charge in [0.15, 0.2) is 11.5 Å². The highest BCUT2D eigenvalue weighted by Crippen LogP contribution is 2.26. The number of ketones is 1. The van der Waals surface area contributed by atoms with E-state index in [0.717, 1.165) is 5.56 Å². The number of Topliss-reactive ketones (excluding diaryl/α,β-unsaturated/α-hetero) is 1. The SMILES string of the molecule is [C-]#[N+]c1ccc(CC(=O)c2cccc(S(=O)(=O)N(CC)c3ccc(OC)cc3)c2)cc1. The number of hydrogen-bond acceptors (Lipinski definition) is 4. The van der Waals surface area contributed by atoms with Crippen molar-refractivity contribution in [3.05, 3.63) is 95.3 Å². The summed E-state index contributed by atoms with van der Waals surface area (Å²) in [7, 11) is -2.31. The summed E-state index contributed by atoms with van der Waals surface area (Å²) >= 11 is 0. The summed E-state index contributed by atoms with van der Waals surface area (Å²) in [4.78, 5) is 16.1. The van der Waals surface area contributed by atoms with Gasteiger partial charge in [0.25, 0.3) is 10.0 Å². The second-order valence-corrected chi connectivity index (χ2v) is 8.64. The molecular formula is C24H22N2O4S. The van der Waals surface area contributed by atoms with E-state index in [4.69, 9.17) is 11.3 Å². The second-order valence-electron chi connectivity index (χ2n) is 6.77.